The molecule has 1 N–H and O–H groups in total. The number of rotatable bonds is 4. The van der Waals surface area contributed by atoms with Crippen LogP contribution in [0.25, 0.3) is 0 Å². The van der Waals surface area contributed by atoms with Crippen molar-refractivity contribution in [2.75, 3.05) is 26.2 Å². The van der Waals surface area contributed by atoms with Gasteiger partial charge in [0.1, 0.15) is 6.10 Å². The second kappa shape index (κ2) is 8.58. The SMILES string of the molecule is O=C([C@H](O)C1CCCCC1)N1CCCN(Cc2cccnc2)CC1. The predicted molar refractivity (Wildman–Crippen MR) is 93.3 cm³/mol. The van der Waals surface area contributed by atoms with Crippen LogP contribution in [0.2, 0.25) is 0 Å². The van der Waals surface area contributed by atoms with E-state index in [1.807, 2.05) is 17.2 Å². The first kappa shape index (κ1) is 17.4. The van der Waals surface area contributed by atoms with E-state index < -0.39 is 6.10 Å². The van der Waals surface area contributed by atoms with E-state index in [9.17, 15) is 9.90 Å². The van der Waals surface area contributed by atoms with E-state index in [4.69, 9.17) is 0 Å². The molecule has 3 rings (SSSR count). The van der Waals surface area contributed by atoms with E-state index in [-0.39, 0.29) is 11.8 Å². The molecule has 1 saturated carbocycles. The summed E-state index contributed by atoms with van der Waals surface area (Å²) in [7, 11) is 0. The van der Waals surface area contributed by atoms with Crippen molar-refractivity contribution in [3.8, 4) is 0 Å². The van der Waals surface area contributed by atoms with Gasteiger partial charge in [-0.15, -0.1) is 0 Å². The highest BCUT2D eigenvalue weighted by molar-refractivity contribution is 5.81. The Morgan fingerprint density at radius 3 is 2.75 bits per heavy atom. The highest BCUT2D eigenvalue weighted by Crippen LogP contribution is 2.27. The Labute approximate surface area is 144 Å². The van der Waals surface area contributed by atoms with Gasteiger partial charge in [-0.3, -0.25) is 14.7 Å². The number of carbonyl (C=O) groups is 1. The van der Waals surface area contributed by atoms with Gasteiger partial charge in [0, 0.05) is 45.1 Å². The highest BCUT2D eigenvalue weighted by Gasteiger charge is 2.31. The smallest absolute Gasteiger partial charge is 0.251 e. The van der Waals surface area contributed by atoms with Gasteiger partial charge in [0.15, 0.2) is 0 Å². The average molecular weight is 331 g/mol. The summed E-state index contributed by atoms with van der Waals surface area (Å²) >= 11 is 0. The lowest BCUT2D eigenvalue weighted by molar-refractivity contribution is -0.143. The van der Waals surface area contributed by atoms with Gasteiger partial charge >= 0.3 is 0 Å². The maximum absolute atomic E-state index is 12.7. The van der Waals surface area contributed by atoms with Crippen molar-refractivity contribution in [1.82, 2.24) is 14.8 Å². The number of hydrogen-bond acceptors (Lipinski definition) is 4. The molecular weight excluding hydrogens is 302 g/mol. The topological polar surface area (TPSA) is 56.7 Å². The molecule has 0 aromatic carbocycles. The van der Waals surface area contributed by atoms with Crippen molar-refractivity contribution in [1.29, 1.82) is 0 Å². The maximum atomic E-state index is 12.7. The zero-order valence-electron chi connectivity index (χ0n) is 14.4. The van der Waals surface area contributed by atoms with Crippen LogP contribution in [0.4, 0.5) is 0 Å². The summed E-state index contributed by atoms with van der Waals surface area (Å²) in [5, 5.41) is 10.5. The zero-order chi connectivity index (χ0) is 16.8. The van der Waals surface area contributed by atoms with E-state index in [0.29, 0.717) is 6.54 Å². The minimum absolute atomic E-state index is 0.0508. The minimum Gasteiger partial charge on any atom is -0.383 e. The Bertz CT molecular complexity index is 517. The molecular formula is C19H29N3O2. The Morgan fingerprint density at radius 1 is 1.17 bits per heavy atom. The molecule has 0 spiro atoms. The Balaban J connectivity index is 1.51. The van der Waals surface area contributed by atoms with Gasteiger partial charge in [0.2, 0.25) is 0 Å². The molecule has 1 aliphatic carbocycles. The van der Waals surface area contributed by atoms with Crippen LogP contribution in [0.5, 0.6) is 0 Å². The normalized spacial score (nSPS) is 22.1. The molecule has 1 amide bonds. The van der Waals surface area contributed by atoms with Crippen molar-refractivity contribution < 1.29 is 9.90 Å². The summed E-state index contributed by atoms with van der Waals surface area (Å²) in [6.45, 7) is 4.19. The molecule has 2 fully saturated rings. The first-order valence-corrected chi connectivity index (χ1v) is 9.32. The Kier molecular flexibility index (Phi) is 6.21. The van der Waals surface area contributed by atoms with Crippen molar-refractivity contribution in [3.05, 3.63) is 30.1 Å². The van der Waals surface area contributed by atoms with Crippen LogP contribution >= 0.6 is 0 Å². The first-order valence-electron chi connectivity index (χ1n) is 9.32. The van der Waals surface area contributed by atoms with Crippen LogP contribution in [0.15, 0.2) is 24.5 Å². The second-order valence-electron chi connectivity index (χ2n) is 7.16. The molecule has 1 aliphatic heterocycles. The summed E-state index contributed by atoms with van der Waals surface area (Å²) in [5.41, 5.74) is 1.21. The molecule has 1 aromatic rings. The van der Waals surface area contributed by atoms with Crippen LogP contribution in [0, 0.1) is 5.92 Å². The van der Waals surface area contributed by atoms with Crippen molar-refractivity contribution in [2.45, 2.75) is 51.2 Å². The predicted octanol–water partition coefficient (Wildman–Crippen LogP) is 2.06. The third-order valence-corrected chi connectivity index (χ3v) is 5.38. The van der Waals surface area contributed by atoms with Crippen LogP contribution in [0.3, 0.4) is 0 Å². The number of carbonyl (C=O) groups excluding carboxylic acids is 1. The summed E-state index contributed by atoms with van der Waals surface area (Å²) in [5.74, 6) is 0.117. The molecule has 5 heteroatoms. The molecule has 0 unspecified atom stereocenters. The summed E-state index contributed by atoms with van der Waals surface area (Å²) in [6, 6.07) is 4.05. The standard InChI is InChI=1S/C19H29N3O2/c23-18(17-7-2-1-3-8-17)19(24)22-11-5-10-21(12-13-22)15-16-6-4-9-20-14-16/h4,6,9,14,17-18,23H,1-3,5,7-8,10-13,15H2/t18-/m1/s1. The quantitative estimate of drug-likeness (QED) is 0.917. The zero-order valence-corrected chi connectivity index (χ0v) is 14.4. The number of nitrogens with zero attached hydrogens (tertiary/aromatic N) is 3. The van der Waals surface area contributed by atoms with E-state index in [2.05, 4.69) is 16.0 Å². The van der Waals surface area contributed by atoms with Crippen LogP contribution in [-0.2, 0) is 11.3 Å². The monoisotopic (exact) mass is 331 g/mol. The largest absolute Gasteiger partial charge is 0.383 e. The van der Waals surface area contributed by atoms with E-state index in [0.717, 1.165) is 58.3 Å². The molecule has 1 atom stereocenters. The van der Waals surface area contributed by atoms with Crippen LogP contribution < -0.4 is 0 Å². The van der Waals surface area contributed by atoms with Gasteiger partial charge in [-0.2, -0.15) is 0 Å². The molecule has 2 heterocycles. The van der Waals surface area contributed by atoms with Crippen molar-refractivity contribution in [3.63, 3.8) is 0 Å². The lowest BCUT2D eigenvalue weighted by atomic mass is 9.85. The fourth-order valence-electron chi connectivity index (χ4n) is 3.94. The summed E-state index contributed by atoms with van der Waals surface area (Å²) in [6.07, 6.45) is 9.38. The minimum atomic E-state index is -0.796. The molecule has 0 radical (unpaired) electrons. The summed E-state index contributed by atoms with van der Waals surface area (Å²) in [4.78, 5) is 21.1. The van der Waals surface area contributed by atoms with Gasteiger partial charge in [-0.1, -0.05) is 25.3 Å². The average Bonchev–Trinajstić information content (AvgIpc) is 2.88. The van der Waals surface area contributed by atoms with E-state index in [1.54, 1.807) is 6.20 Å². The maximum Gasteiger partial charge on any atom is 0.251 e. The van der Waals surface area contributed by atoms with E-state index >= 15 is 0 Å². The Morgan fingerprint density at radius 2 is 2.00 bits per heavy atom. The summed E-state index contributed by atoms with van der Waals surface area (Å²) < 4.78 is 0. The lowest BCUT2D eigenvalue weighted by Gasteiger charge is -2.30. The second-order valence-corrected chi connectivity index (χ2v) is 7.16. The number of aromatic nitrogens is 1. The van der Waals surface area contributed by atoms with Crippen LogP contribution in [0.1, 0.15) is 44.1 Å². The third kappa shape index (κ3) is 4.54. The lowest BCUT2D eigenvalue weighted by Crippen LogP contribution is -2.44. The number of amides is 1. The van der Waals surface area contributed by atoms with Gasteiger partial charge in [-0.25, -0.2) is 0 Å². The molecule has 0 bridgehead atoms. The number of pyridine rings is 1. The van der Waals surface area contributed by atoms with Gasteiger partial charge < -0.3 is 10.0 Å². The van der Waals surface area contributed by atoms with Crippen molar-refractivity contribution >= 4 is 5.91 Å². The third-order valence-electron chi connectivity index (χ3n) is 5.38. The Hall–Kier alpha value is -1.46. The first-order chi connectivity index (χ1) is 11.7. The van der Waals surface area contributed by atoms with Gasteiger partial charge in [0.05, 0.1) is 0 Å². The number of aliphatic hydroxyl groups is 1. The highest BCUT2D eigenvalue weighted by atomic mass is 16.3. The number of hydrogen-bond donors (Lipinski definition) is 1. The molecule has 1 saturated heterocycles. The molecule has 24 heavy (non-hydrogen) atoms. The fraction of sp³-hybridized carbons (Fsp3) is 0.684. The molecule has 2 aliphatic rings. The van der Waals surface area contributed by atoms with Gasteiger partial charge in [-0.05, 0) is 36.8 Å². The van der Waals surface area contributed by atoms with E-state index in [1.165, 1.54) is 12.0 Å². The van der Waals surface area contributed by atoms with Gasteiger partial charge in [0.25, 0.3) is 5.91 Å². The fourth-order valence-corrected chi connectivity index (χ4v) is 3.94. The molecule has 1 aromatic heterocycles. The molecule has 132 valence electrons. The van der Waals surface area contributed by atoms with Crippen LogP contribution in [-0.4, -0.2) is 58.1 Å². The number of aliphatic hydroxyl groups excluding tert-OH is 1. The van der Waals surface area contributed by atoms with Crippen molar-refractivity contribution in [2.24, 2.45) is 5.92 Å². The molecule has 5 nitrogen and oxygen atoms in total.